The van der Waals surface area contributed by atoms with Crippen LogP contribution in [0.3, 0.4) is 0 Å². The molecule has 0 amide bonds. The Labute approximate surface area is 135 Å². The molecule has 0 unspecified atom stereocenters. The highest BCUT2D eigenvalue weighted by Crippen LogP contribution is 2.04. The molecule has 2 N–H and O–H groups in total. The van der Waals surface area contributed by atoms with Gasteiger partial charge in [0.2, 0.25) is 0 Å². The SMILES string of the molecule is Cc1nccc(CNCc2ccc(C(=O)O)cc2)n1.Cl.Cl. The maximum atomic E-state index is 10.7. The topological polar surface area (TPSA) is 75.1 Å². The van der Waals surface area contributed by atoms with Crippen molar-refractivity contribution in [3.05, 3.63) is 59.2 Å². The van der Waals surface area contributed by atoms with Crippen molar-refractivity contribution in [3.63, 3.8) is 0 Å². The molecule has 0 aliphatic carbocycles. The lowest BCUT2D eigenvalue weighted by Crippen LogP contribution is -2.14. The fourth-order valence-electron chi connectivity index (χ4n) is 1.70. The van der Waals surface area contributed by atoms with Crippen LogP contribution in [-0.4, -0.2) is 21.0 Å². The normalized spacial score (nSPS) is 9.38. The van der Waals surface area contributed by atoms with Gasteiger partial charge in [-0.05, 0) is 30.7 Å². The highest BCUT2D eigenvalue weighted by Gasteiger charge is 2.01. The monoisotopic (exact) mass is 329 g/mol. The molecule has 5 nitrogen and oxygen atoms in total. The van der Waals surface area contributed by atoms with Gasteiger partial charge in [-0.3, -0.25) is 0 Å². The van der Waals surface area contributed by atoms with E-state index in [1.807, 2.05) is 25.1 Å². The highest BCUT2D eigenvalue weighted by molar-refractivity contribution is 5.87. The Kier molecular flexibility index (Phi) is 8.54. The molecule has 0 aliphatic heterocycles. The van der Waals surface area contributed by atoms with Crippen molar-refractivity contribution < 1.29 is 9.90 Å². The van der Waals surface area contributed by atoms with E-state index in [0.717, 1.165) is 17.1 Å². The fourth-order valence-corrected chi connectivity index (χ4v) is 1.70. The molecule has 0 radical (unpaired) electrons. The van der Waals surface area contributed by atoms with Crippen LogP contribution in [0.15, 0.2) is 36.5 Å². The number of aromatic carboxylic acids is 1. The van der Waals surface area contributed by atoms with E-state index < -0.39 is 5.97 Å². The molecule has 0 saturated heterocycles. The van der Waals surface area contributed by atoms with E-state index >= 15 is 0 Å². The molecular formula is C14H17Cl2N3O2. The molecule has 1 heterocycles. The van der Waals surface area contributed by atoms with Gasteiger partial charge in [0.15, 0.2) is 0 Å². The van der Waals surface area contributed by atoms with E-state index in [9.17, 15) is 4.79 Å². The standard InChI is InChI=1S/C14H15N3O2.2ClH/c1-10-16-7-6-13(17-10)9-15-8-11-2-4-12(5-3-11)14(18)19;;/h2-7,15H,8-9H2,1H3,(H,18,19);2*1H. The molecule has 0 bridgehead atoms. The van der Waals surface area contributed by atoms with Gasteiger partial charge in [-0.2, -0.15) is 0 Å². The first-order chi connectivity index (χ1) is 9.15. The van der Waals surface area contributed by atoms with E-state index in [1.54, 1.807) is 18.3 Å². The van der Waals surface area contributed by atoms with Crippen LogP contribution in [-0.2, 0) is 13.1 Å². The zero-order valence-electron chi connectivity index (χ0n) is 11.4. The summed E-state index contributed by atoms with van der Waals surface area (Å²) in [5.74, 6) is -0.152. The van der Waals surface area contributed by atoms with Crippen molar-refractivity contribution in [2.45, 2.75) is 20.0 Å². The molecule has 1 aromatic heterocycles. The zero-order valence-corrected chi connectivity index (χ0v) is 13.1. The van der Waals surface area contributed by atoms with Crippen molar-refractivity contribution in [1.29, 1.82) is 0 Å². The summed E-state index contributed by atoms with van der Waals surface area (Å²) in [6, 6.07) is 8.69. The molecule has 0 atom stereocenters. The third kappa shape index (κ3) is 6.08. The van der Waals surface area contributed by atoms with Crippen molar-refractivity contribution in [2.24, 2.45) is 0 Å². The molecule has 2 rings (SSSR count). The third-order valence-electron chi connectivity index (χ3n) is 2.67. The number of hydrogen-bond acceptors (Lipinski definition) is 4. The number of carboxylic acids is 1. The number of hydrogen-bond donors (Lipinski definition) is 2. The van der Waals surface area contributed by atoms with Crippen LogP contribution in [0.25, 0.3) is 0 Å². The number of aryl methyl sites for hydroxylation is 1. The maximum absolute atomic E-state index is 10.7. The number of halogens is 2. The number of rotatable bonds is 5. The van der Waals surface area contributed by atoms with Gasteiger partial charge in [-0.1, -0.05) is 12.1 Å². The molecule has 0 saturated carbocycles. The van der Waals surface area contributed by atoms with Crippen LogP contribution in [0.2, 0.25) is 0 Å². The smallest absolute Gasteiger partial charge is 0.335 e. The molecule has 7 heteroatoms. The molecule has 0 spiro atoms. The average Bonchev–Trinajstić information content (AvgIpc) is 2.39. The Bertz CT molecular complexity index is 577. The summed E-state index contributed by atoms with van der Waals surface area (Å²) < 4.78 is 0. The zero-order chi connectivity index (χ0) is 13.7. The Morgan fingerprint density at radius 3 is 2.38 bits per heavy atom. The lowest BCUT2D eigenvalue weighted by molar-refractivity contribution is 0.0697. The van der Waals surface area contributed by atoms with Gasteiger partial charge in [0.05, 0.1) is 11.3 Å². The largest absolute Gasteiger partial charge is 0.478 e. The second-order valence-electron chi connectivity index (χ2n) is 4.20. The van der Waals surface area contributed by atoms with E-state index in [0.29, 0.717) is 18.7 Å². The Morgan fingerprint density at radius 2 is 1.81 bits per heavy atom. The minimum absolute atomic E-state index is 0. The first-order valence-corrected chi connectivity index (χ1v) is 5.96. The van der Waals surface area contributed by atoms with Gasteiger partial charge in [0, 0.05) is 19.3 Å². The van der Waals surface area contributed by atoms with Crippen LogP contribution in [0.5, 0.6) is 0 Å². The Balaban J connectivity index is 0.00000200. The summed E-state index contributed by atoms with van der Waals surface area (Å²) in [6.45, 7) is 3.18. The lowest BCUT2D eigenvalue weighted by atomic mass is 10.1. The number of carbonyl (C=O) groups is 1. The summed E-state index contributed by atoms with van der Waals surface area (Å²) in [4.78, 5) is 19.0. The van der Waals surface area contributed by atoms with Crippen molar-refractivity contribution in [1.82, 2.24) is 15.3 Å². The number of aromatic nitrogens is 2. The highest BCUT2D eigenvalue weighted by atomic mass is 35.5. The predicted molar refractivity (Wildman–Crippen MR) is 85.2 cm³/mol. The van der Waals surface area contributed by atoms with Crippen LogP contribution in [0.4, 0.5) is 0 Å². The molecular weight excluding hydrogens is 313 g/mol. The van der Waals surface area contributed by atoms with Crippen molar-refractivity contribution in [2.75, 3.05) is 0 Å². The van der Waals surface area contributed by atoms with Crippen molar-refractivity contribution in [3.8, 4) is 0 Å². The van der Waals surface area contributed by atoms with Gasteiger partial charge in [-0.25, -0.2) is 14.8 Å². The summed E-state index contributed by atoms with van der Waals surface area (Å²) in [5.41, 5.74) is 2.28. The summed E-state index contributed by atoms with van der Waals surface area (Å²) >= 11 is 0. The molecule has 114 valence electrons. The summed E-state index contributed by atoms with van der Waals surface area (Å²) in [6.07, 6.45) is 1.74. The molecule has 2 aromatic rings. The Morgan fingerprint density at radius 1 is 1.14 bits per heavy atom. The first-order valence-electron chi connectivity index (χ1n) is 5.96. The van der Waals surface area contributed by atoms with Crippen LogP contribution < -0.4 is 5.32 Å². The second-order valence-corrected chi connectivity index (χ2v) is 4.20. The molecule has 0 aliphatic rings. The van der Waals surface area contributed by atoms with E-state index in [2.05, 4.69) is 15.3 Å². The quantitative estimate of drug-likeness (QED) is 0.881. The van der Waals surface area contributed by atoms with Crippen molar-refractivity contribution >= 4 is 30.8 Å². The molecule has 0 fully saturated rings. The number of nitrogens with one attached hydrogen (secondary N) is 1. The Hall–Kier alpha value is -1.69. The number of benzene rings is 1. The van der Waals surface area contributed by atoms with Gasteiger partial charge in [-0.15, -0.1) is 24.8 Å². The maximum Gasteiger partial charge on any atom is 0.335 e. The minimum Gasteiger partial charge on any atom is -0.478 e. The van der Waals surface area contributed by atoms with Gasteiger partial charge in [0.1, 0.15) is 5.82 Å². The molecule has 21 heavy (non-hydrogen) atoms. The van der Waals surface area contributed by atoms with Crippen LogP contribution in [0, 0.1) is 6.92 Å². The fraction of sp³-hybridized carbons (Fsp3) is 0.214. The summed E-state index contributed by atoms with van der Waals surface area (Å²) in [7, 11) is 0. The third-order valence-corrected chi connectivity index (χ3v) is 2.67. The number of carboxylic acid groups (broad SMARTS) is 1. The van der Waals surface area contributed by atoms with E-state index in [1.165, 1.54) is 0 Å². The summed E-state index contributed by atoms with van der Waals surface area (Å²) in [5, 5.41) is 12.1. The van der Waals surface area contributed by atoms with Gasteiger partial charge >= 0.3 is 5.97 Å². The second kappa shape index (κ2) is 9.28. The first kappa shape index (κ1) is 19.3. The van der Waals surface area contributed by atoms with E-state index in [-0.39, 0.29) is 24.8 Å². The van der Waals surface area contributed by atoms with Gasteiger partial charge in [0.25, 0.3) is 0 Å². The van der Waals surface area contributed by atoms with E-state index in [4.69, 9.17) is 5.11 Å². The lowest BCUT2D eigenvalue weighted by Gasteiger charge is -2.05. The molecule has 1 aromatic carbocycles. The minimum atomic E-state index is -0.907. The van der Waals surface area contributed by atoms with Crippen LogP contribution in [0.1, 0.15) is 27.4 Å². The average molecular weight is 330 g/mol. The predicted octanol–water partition coefficient (Wildman–Crippen LogP) is 2.62. The van der Waals surface area contributed by atoms with Gasteiger partial charge < -0.3 is 10.4 Å². The number of nitrogens with zero attached hydrogens (tertiary/aromatic N) is 2. The van der Waals surface area contributed by atoms with Crippen LogP contribution >= 0.6 is 24.8 Å².